The summed E-state index contributed by atoms with van der Waals surface area (Å²) in [6.45, 7) is 14.3. The van der Waals surface area contributed by atoms with Crippen molar-refractivity contribution < 1.29 is 0 Å². The maximum Gasteiger partial charge on any atom is -0.0417 e. The van der Waals surface area contributed by atoms with Gasteiger partial charge in [0.2, 0.25) is 0 Å². The Labute approximate surface area is 123 Å². The van der Waals surface area contributed by atoms with Gasteiger partial charge in [0.05, 0.1) is 0 Å². The predicted molar refractivity (Wildman–Crippen MR) is 89.6 cm³/mol. The van der Waals surface area contributed by atoms with E-state index in [1.54, 1.807) is 0 Å². The third-order valence-corrected chi connectivity index (χ3v) is 5.40. The lowest BCUT2D eigenvalue weighted by Gasteiger charge is -2.19. The van der Waals surface area contributed by atoms with Crippen LogP contribution in [0.1, 0.15) is 99.3 Å². The van der Waals surface area contributed by atoms with Crippen molar-refractivity contribution in [2.45, 2.75) is 99.3 Å². The van der Waals surface area contributed by atoms with E-state index in [0.717, 1.165) is 23.7 Å². The SMILES string of the molecule is CCCC(C)C(C)CCCCCCC(C)C(C)CC. The fraction of sp³-hybridized carbons (Fsp3) is 1.00. The van der Waals surface area contributed by atoms with E-state index >= 15 is 0 Å². The maximum absolute atomic E-state index is 2.45. The summed E-state index contributed by atoms with van der Waals surface area (Å²) in [6, 6.07) is 0. The van der Waals surface area contributed by atoms with Crippen molar-refractivity contribution in [2.75, 3.05) is 0 Å². The Balaban J connectivity index is 3.45. The summed E-state index contributed by atoms with van der Waals surface area (Å²) in [5, 5.41) is 0. The van der Waals surface area contributed by atoms with E-state index in [4.69, 9.17) is 0 Å². The zero-order valence-corrected chi connectivity index (χ0v) is 14.7. The van der Waals surface area contributed by atoms with E-state index in [0.29, 0.717) is 0 Å². The lowest BCUT2D eigenvalue weighted by molar-refractivity contribution is 0.322. The van der Waals surface area contributed by atoms with Gasteiger partial charge in [0.25, 0.3) is 0 Å². The van der Waals surface area contributed by atoms with Crippen LogP contribution in [0, 0.1) is 23.7 Å². The zero-order valence-electron chi connectivity index (χ0n) is 14.7. The first-order valence-electron chi connectivity index (χ1n) is 9.02. The molecule has 0 N–H and O–H groups in total. The molecule has 0 bridgehead atoms. The summed E-state index contributed by atoms with van der Waals surface area (Å²) in [5.41, 5.74) is 0. The second-order valence-electron chi connectivity index (χ2n) is 7.10. The quantitative estimate of drug-likeness (QED) is 0.332. The van der Waals surface area contributed by atoms with Crippen molar-refractivity contribution in [3.8, 4) is 0 Å². The highest BCUT2D eigenvalue weighted by molar-refractivity contribution is 4.63. The molecule has 4 unspecified atom stereocenters. The Hall–Kier alpha value is 0. The van der Waals surface area contributed by atoms with Crippen molar-refractivity contribution in [3.63, 3.8) is 0 Å². The Morgan fingerprint density at radius 2 is 0.947 bits per heavy atom. The van der Waals surface area contributed by atoms with Gasteiger partial charge in [0, 0.05) is 0 Å². The van der Waals surface area contributed by atoms with Gasteiger partial charge in [0.1, 0.15) is 0 Å². The van der Waals surface area contributed by atoms with Crippen LogP contribution < -0.4 is 0 Å². The lowest BCUT2D eigenvalue weighted by atomic mass is 9.87. The van der Waals surface area contributed by atoms with Gasteiger partial charge >= 0.3 is 0 Å². The van der Waals surface area contributed by atoms with E-state index in [9.17, 15) is 0 Å². The first-order valence-corrected chi connectivity index (χ1v) is 9.02. The molecule has 0 nitrogen and oxygen atoms in total. The van der Waals surface area contributed by atoms with Crippen molar-refractivity contribution >= 4 is 0 Å². The number of unbranched alkanes of at least 4 members (excludes halogenated alkanes) is 3. The number of hydrogen-bond acceptors (Lipinski definition) is 0. The molecule has 0 aliphatic rings. The topological polar surface area (TPSA) is 0 Å². The third-order valence-electron chi connectivity index (χ3n) is 5.40. The average molecular weight is 269 g/mol. The highest BCUT2D eigenvalue weighted by atomic mass is 14.2. The van der Waals surface area contributed by atoms with Crippen LogP contribution in [0.25, 0.3) is 0 Å². The number of hydrogen-bond donors (Lipinski definition) is 0. The van der Waals surface area contributed by atoms with Gasteiger partial charge in [-0.3, -0.25) is 0 Å². The largest absolute Gasteiger partial charge is 0.0654 e. The molecule has 0 aromatic carbocycles. The van der Waals surface area contributed by atoms with Gasteiger partial charge in [-0.25, -0.2) is 0 Å². The van der Waals surface area contributed by atoms with E-state index in [2.05, 4.69) is 41.5 Å². The van der Waals surface area contributed by atoms with Crippen LogP contribution in [0.3, 0.4) is 0 Å². The van der Waals surface area contributed by atoms with Crippen molar-refractivity contribution in [1.29, 1.82) is 0 Å². The summed E-state index contributed by atoms with van der Waals surface area (Å²) >= 11 is 0. The maximum atomic E-state index is 2.45. The lowest BCUT2D eigenvalue weighted by Crippen LogP contribution is -2.08. The molecule has 0 radical (unpaired) electrons. The van der Waals surface area contributed by atoms with E-state index in [-0.39, 0.29) is 0 Å². The first kappa shape index (κ1) is 19.0. The van der Waals surface area contributed by atoms with Gasteiger partial charge in [-0.05, 0) is 23.7 Å². The van der Waals surface area contributed by atoms with Crippen LogP contribution in [-0.2, 0) is 0 Å². The smallest absolute Gasteiger partial charge is 0.0417 e. The Morgan fingerprint density at radius 1 is 0.526 bits per heavy atom. The number of rotatable bonds is 12. The van der Waals surface area contributed by atoms with Crippen LogP contribution in [0.2, 0.25) is 0 Å². The molecule has 0 spiro atoms. The molecule has 0 heteroatoms. The Kier molecular flexibility index (Phi) is 11.8. The van der Waals surface area contributed by atoms with Crippen LogP contribution in [0.5, 0.6) is 0 Å². The summed E-state index contributed by atoms with van der Waals surface area (Å²) in [7, 11) is 0. The molecular weight excluding hydrogens is 228 g/mol. The van der Waals surface area contributed by atoms with Crippen molar-refractivity contribution in [2.24, 2.45) is 23.7 Å². The molecule has 4 atom stereocenters. The van der Waals surface area contributed by atoms with Crippen LogP contribution in [0.15, 0.2) is 0 Å². The molecule has 0 saturated heterocycles. The first-order chi connectivity index (χ1) is 9.02. The van der Waals surface area contributed by atoms with Crippen LogP contribution in [-0.4, -0.2) is 0 Å². The normalized spacial score (nSPS) is 18.0. The summed E-state index contributed by atoms with van der Waals surface area (Å²) < 4.78 is 0. The molecular formula is C19H40. The molecule has 116 valence electrons. The standard InChI is InChI=1S/C19H40/c1-7-13-17(4)19(6)15-12-10-9-11-14-18(5)16(3)8-2/h16-19H,7-15H2,1-6H3. The highest BCUT2D eigenvalue weighted by Gasteiger charge is 2.11. The fourth-order valence-electron chi connectivity index (χ4n) is 3.00. The summed E-state index contributed by atoms with van der Waals surface area (Å²) in [5.74, 6) is 3.69. The molecule has 0 aliphatic carbocycles. The van der Waals surface area contributed by atoms with Crippen molar-refractivity contribution in [3.05, 3.63) is 0 Å². The second-order valence-corrected chi connectivity index (χ2v) is 7.10. The van der Waals surface area contributed by atoms with E-state index < -0.39 is 0 Å². The fourth-order valence-corrected chi connectivity index (χ4v) is 3.00. The monoisotopic (exact) mass is 268 g/mol. The third kappa shape index (κ3) is 9.52. The minimum atomic E-state index is 0.912. The van der Waals surface area contributed by atoms with Crippen LogP contribution >= 0.6 is 0 Å². The predicted octanol–water partition coefficient (Wildman–Crippen LogP) is 7.08. The van der Waals surface area contributed by atoms with Gasteiger partial charge in [-0.15, -0.1) is 0 Å². The molecule has 0 aromatic heterocycles. The van der Waals surface area contributed by atoms with E-state index in [1.165, 1.54) is 57.8 Å². The van der Waals surface area contributed by atoms with Gasteiger partial charge in [0.15, 0.2) is 0 Å². The van der Waals surface area contributed by atoms with Gasteiger partial charge < -0.3 is 0 Å². The molecule has 0 rings (SSSR count). The average Bonchev–Trinajstić information content (AvgIpc) is 2.41. The molecule has 0 heterocycles. The minimum Gasteiger partial charge on any atom is -0.0654 e. The Morgan fingerprint density at radius 3 is 1.37 bits per heavy atom. The van der Waals surface area contributed by atoms with Crippen LogP contribution in [0.4, 0.5) is 0 Å². The minimum absolute atomic E-state index is 0.912. The second kappa shape index (κ2) is 11.8. The molecule has 0 saturated carbocycles. The zero-order chi connectivity index (χ0) is 14.7. The molecule has 19 heavy (non-hydrogen) atoms. The molecule has 0 aromatic rings. The summed E-state index contributed by atoms with van der Waals surface area (Å²) in [4.78, 5) is 0. The Bertz CT molecular complexity index is 184. The van der Waals surface area contributed by atoms with E-state index in [1.807, 2.05) is 0 Å². The highest BCUT2D eigenvalue weighted by Crippen LogP contribution is 2.24. The summed E-state index contributed by atoms with van der Waals surface area (Å²) in [6.07, 6.45) is 12.8. The molecule has 0 fully saturated rings. The molecule has 0 amide bonds. The molecule has 0 aliphatic heterocycles. The van der Waals surface area contributed by atoms with Gasteiger partial charge in [-0.2, -0.15) is 0 Å². The van der Waals surface area contributed by atoms with Crippen molar-refractivity contribution in [1.82, 2.24) is 0 Å². The van der Waals surface area contributed by atoms with Gasteiger partial charge in [-0.1, -0.05) is 99.3 Å².